The fraction of sp³-hybridized carbons (Fsp3) is 0.318. The summed E-state index contributed by atoms with van der Waals surface area (Å²) in [5.74, 6) is 0.301. The maximum Gasteiger partial charge on any atom is 0.270 e. The van der Waals surface area contributed by atoms with Gasteiger partial charge >= 0.3 is 0 Å². The van der Waals surface area contributed by atoms with Gasteiger partial charge in [-0.3, -0.25) is 19.8 Å². The molecule has 4 rings (SSSR count). The van der Waals surface area contributed by atoms with E-state index < -0.39 is 4.92 Å². The number of carbonyl (C=O) groups is 1. The second kappa shape index (κ2) is 7.89. The molecule has 30 heavy (non-hydrogen) atoms. The lowest BCUT2D eigenvalue weighted by molar-refractivity contribution is -0.384. The van der Waals surface area contributed by atoms with Gasteiger partial charge in [-0.2, -0.15) is 0 Å². The highest BCUT2D eigenvalue weighted by atomic mass is 16.6. The molecule has 0 spiro atoms. The lowest BCUT2D eigenvalue weighted by atomic mass is 9.99. The van der Waals surface area contributed by atoms with Crippen LogP contribution in [0.4, 0.5) is 5.69 Å². The number of ketones is 1. The molecule has 156 valence electrons. The Labute approximate surface area is 174 Å². The van der Waals surface area contributed by atoms with Crippen molar-refractivity contribution in [2.75, 3.05) is 33.2 Å². The lowest BCUT2D eigenvalue weighted by Crippen LogP contribution is -2.43. The number of nitrogens with zero attached hydrogens (tertiary/aromatic N) is 3. The number of aryl methyl sites for hydroxylation is 1. The zero-order valence-corrected chi connectivity index (χ0v) is 16.9. The molecule has 8 heteroatoms. The fourth-order valence-electron chi connectivity index (χ4n) is 3.84. The number of fused-ring (bicyclic) bond motifs is 1. The SMILES string of the molecule is Cc1cc(O)c(CN2CCN(C)CC2)c2c1C(=O)/C(=C/c1cccc([N+](=O)[O-])c1)O2. The number of phenols is 1. The summed E-state index contributed by atoms with van der Waals surface area (Å²) in [6.07, 6.45) is 1.51. The monoisotopic (exact) mass is 409 g/mol. The Morgan fingerprint density at radius 2 is 1.97 bits per heavy atom. The number of allylic oxidation sites excluding steroid dienone is 1. The van der Waals surface area contributed by atoms with Crippen LogP contribution in [0.1, 0.15) is 27.0 Å². The number of likely N-dealkylation sites (N-methyl/N-ethyl adjacent to an activating group) is 1. The predicted octanol–water partition coefficient (Wildman–Crippen LogP) is 2.97. The van der Waals surface area contributed by atoms with Crippen molar-refractivity contribution in [3.63, 3.8) is 0 Å². The molecule has 1 saturated heterocycles. The van der Waals surface area contributed by atoms with Crippen LogP contribution < -0.4 is 4.74 Å². The van der Waals surface area contributed by atoms with Crippen molar-refractivity contribution in [3.8, 4) is 11.5 Å². The van der Waals surface area contributed by atoms with Gasteiger partial charge in [0, 0.05) is 44.9 Å². The van der Waals surface area contributed by atoms with E-state index in [1.165, 1.54) is 18.2 Å². The lowest BCUT2D eigenvalue weighted by Gasteiger charge is -2.32. The Morgan fingerprint density at radius 3 is 2.67 bits per heavy atom. The van der Waals surface area contributed by atoms with Gasteiger partial charge in [0.1, 0.15) is 11.5 Å². The van der Waals surface area contributed by atoms with E-state index in [9.17, 15) is 20.0 Å². The molecule has 0 atom stereocenters. The van der Waals surface area contributed by atoms with E-state index in [1.54, 1.807) is 25.1 Å². The van der Waals surface area contributed by atoms with Gasteiger partial charge in [-0.05, 0) is 37.2 Å². The Hall–Kier alpha value is -3.23. The first-order valence-corrected chi connectivity index (χ1v) is 9.78. The van der Waals surface area contributed by atoms with Crippen LogP contribution in [-0.4, -0.2) is 58.8 Å². The molecule has 2 heterocycles. The van der Waals surface area contributed by atoms with Gasteiger partial charge in [-0.25, -0.2) is 0 Å². The highest BCUT2D eigenvalue weighted by Crippen LogP contribution is 2.42. The quantitative estimate of drug-likeness (QED) is 0.471. The number of rotatable bonds is 4. The maximum absolute atomic E-state index is 13.0. The molecule has 2 aromatic carbocycles. The summed E-state index contributed by atoms with van der Waals surface area (Å²) in [6, 6.07) is 7.62. The van der Waals surface area contributed by atoms with E-state index in [4.69, 9.17) is 4.74 Å². The van der Waals surface area contributed by atoms with Crippen molar-refractivity contribution in [2.24, 2.45) is 0 Å². The molecule has 0 radical (unpaired) electrons. The smallest absolute Gasteiger partial charge is 0.270 e. The Kier molecular flexibility index (Phi) is 5.27. The van der Waals surface area contributed by atoms with Gasteiger partial charge in [0.25, 0.3) is 5.69 Å². The van der Waals surface area contributed by atoms with E-state index in [2.05, 4.69) is 16.8 Å². The standard InChI is InChI=1S/C22H23N3O5/c1-14-10-18(26)17(13-24-8-6-23(2)7-9-24)22-20(14)21(27)19(30-22)12-15-4-3-5-16(11-15)25(28)29/h3-5,10-12,26H,6-9,13H2,1-2H3/b19-12-. The van der Waals surface area contributed by atoms with Crippen LogP contribution in [0.3, 0.4) is 0 Å². The number of ether oxygens (including phenoxy) is 1. The summed E-state index contributed by atoms with van der Waals surface area (Å²) in [7, 11) is 2.07. The summed E-state index contributed by atoms with van der Waals surface area (Å²) in [5.41, 5.74) is 2.11. The largest absolute Gasteiger partial charge is 0.507 e. The van der Waals surface area contributed by atoms with E-state index in [0.29, 0.717) is 34.5 Å². The van der Waals surface area contributed by atoms with Gasteiger partial charge in [-0.15, -0.1) is 0 Å². The highest BCUT2D eigenvalue weighted by molar-refractivity contribution is 6.15. The molecular formula is C22H23N3O5. The van der Waals surface area contributed by atoms with Crippen LogP contribution in [0.2, 0.25) is 0 Å². The predicted molar refractivity (Wildman–Crippen MR) is 112 cm³/mol. The van der Waals surface area contributed by atoms with E-state index in [0.717, 1.165) is 26.2 Å². The Bertz CT molecular complexity index is 1050. The van der Waals surface area contributed by atoms with Crippen LogP contribution in [0.25, 0.3) is 6.08 Å². The first kappa shape index (κ1) is 20.1. The minimum atomic E-state index is -0.482. The van der Waals surface area contributed by atoms with Gasteiger partial charge in [-0.1, -0.05) is 12.1 Å². The minimum absolute atomic E-state index is 0.0584. The third-order valence-electron chi connectivity index (χ3n) is 5.58. The van der Waals surface area contributed by atoms with Crippen molar-refractivity contribution in [3.05, 3.63) is 68.5 Å². The highest BCUT2D eigenvalue weighted by Gasteiger charge is 2.34. The number of hydrogen-bond acceptors (Lipinski definition) is 7. The summed E-state index contributed by atoms with van der Waals surface area (Å²) < 4.78 is 5.92. The summed E-state index contributed by atoms with van der Waals surface area (Å²) in [5, 5.41) is 21.6. The third-order valence-corrected chi connectivity index (χ3v) is 5.58. The molecule has 0 amide bonds. The number of hydrogen-bond donors (Lipinski definition) is 1. The first-order valence-electron chi connectivity index (χ1n) is 9.78. The zero-order valence-electron chi connectivity index (χ0n) is 16.9. The first-order chi connectivity index (χ1) is 14.3. The molecule has 1 fully saturated rings. The number of phenolic OH excluding ortho intramolecular Hbond substituents is 1. The molecule has 0 saturated carbocycles. The molecule has 1 N–H and O–H groups in total. The van der Waals surface area contributed by atoms with Gasteiger partial charge in [0.05, 0.1) is 16.1 Å². The number of aromatic hydroxyl groups is 1. The summed E-state index contributed by atoms with van der Waals surface area (Å²) in [4.78, 5) is 28.0. The number of piperazine rings is 1. The van der Waals surface area contributed by atoms with Crippen LogP contribution in [0.5, 0.6) is 11.5 Å². The molecule has 0 aromatic heterocycles. The molecule has 2 aromatic rings. The van der Waals surface area contributed by atoms with E-state index in [-0.39, 0.29) is 23.0 Å². The number of carbonyl (C=O) groups excluding carboxylic acids is 1. The molecule has 0 aliphatic carbocycles. The number of nitro benzene ring substituents is 1. The zero-order chi connectivity index (χ0) is 21.4. The van der Waals surface area contributed by atoms with Crippen LogP contribution in [0, 0.1) is 17.0 Å². The van der Waals surface area contributed by atoms with Gasteiger partial charge in [0.2, 0.25) is 5.78 Å². The molecule has 2 aliphatic heterocycles. The maximum atomic E-state index is 13.0. The average Bonchev–Trinajstić information content (AvgIpc) is 3.03. The van der Waals surface area contributed by atoms with Crippen molar-refractivity contribution >= 4 is 17.5 Å². The summed E-state index contributed by atoms with van der Waals surface area (Å²) >= 11 is 0. The second-order valence-electron chi connectivity index (χ2n) is 7.77. The van der Waals surface area contributed by atoms with Crippen LogP contribution >= 0.6 is 0 Å². The van der Waals surface area contributed by atoms with Gasteiger partial charge in [0.15, 0.2) is 5.76 Å². The normalized spacial score (nSPS) is 18.5. The fourth-order valence-corrected chi connectivity index (χ4v) is 3.84. The van der Waals surface area contributed by atoms with Crippen molar-refractivity contribution in [2.45, 2.75) is 13.5 Å². The summed E-state index contributed by atoms with van der Waals surface area (Å²) in [6.45, 7) is 5.85. The number of non-ortho nitro benzene ring substituents is 1. The minimum Gasteiger partial charge on any atom is -0.507 e. The molecule has 0 unspecified atom stereocenters. The second-order valence-corrected chi connectivity index (χ2v) is 7.77. The molecule has 0 bridgehead atoms. The Morgan fingerprint density at radius 1 is 1.23 bits per heavy atom. The van der Waals surface area contributed by atoms with Crippen molar-refractivity contribution in [1.82, 2.24) is 9.80 Å². The molecule has 8 nitrogen and oxygen atoms in total. The molecule has 2 aliphatic rings. The topological polar surface area (TPSA) is 96.2 Å². The van der Waals surface area contributed by atoms with E-state index >= 15 is 0 Å². The number of Topliss-reactive ketones (excluding diaryl/α,β-unsaturated/α-hetero) is 1. The number of nitro groups is 1. The van der Waals surface area contributed by atoms with Crippen LogP contribution in [0.15, 0.2) is 36.1 Å². The van der Waals surface area contributed by atoms with Crippen molar-refractivity contribution in [1.29, 1.82) is 0 Å². The van der Waals surface area contributed by atoms with Crippen molar-refractivity contribution < 1.29 is 19.6 Å². The van der Waals surface area contributed by atoms with E-state index in [1.807, 2.05) is 0 Å². The van der Waals surface area contributed by atoms with Crippen LogP contribution in [-0.2, 0) is 6.54 Å². The average molecular weight is 409 g/mol. The Balaban J connectivity index is 1.67. The molecular weight excluding hydrogens is 386 g/mol. The van der Waals surface area contributed by atoms with Gasteiger partial charge < -0.3 is 14.7 Å². The third kappa shape index (κ3) is 3.79. The number of benzene rings is 2.